The number of fused-ring (bicyclic) bond motifs is 3. The molecule has 38 heavy (non-hydrogen) atoms. The van der Waals surface area contributed by atoms with Crippen LogP contribution >= 0.6 is 11.8 Å². The summed E-state index contributed by atoms with van der Waals surface area (Å²) in [6, 6.07) is 23.4. The maximum absolute atomic E-state index is 13.5. The first-order chi connectivity index (χ1) is 18.6. The van der Waals surface area contributed by atoms with E-state index in [-0.39, 0.29) is 23.4 Å². The van der Waals surface area contributed by atoms with Crippen LogP contribution in [0.25, 0.3) is 0 Å². The Kier molecular flexibility index (Phi) is 6.68. The highest BCUT2D eigenvalue weighted by Gasteiger charge is 2.41. The van der Waals surface area contributed by atoms with Crippen LogP contribution in [0.1, 0.15) is 11.1 Å². The molecule has 0 aliphatic carbocycles. The third-order valence-corrected chi connectivity index (χ3v) is 7.89. The van der Waals surface area contributed by atoms with Crippen molar-refractivity contribution in [1.29, 1.82) is 0 Å². The Morgan fingerprint density at radius 1 is 0.921 bits per heavy atom. The first kappa shape index (κ1) is 24.4. The van der Waals surface area contributed by atoms with Gasteiger partial charge in [-0.2, -0.15) is 0 Å². The molecule has 1 unspecified atom stereocenters. The maximum Gasteiger partial charge on any atom is 0.259 e. The van der Waals surface area contributed by atoms with Gasteiger partial charge in [-0.05, 0) is 42.0 Å². The normalized spacial score (nSPS) is 18.6. The predicted molar refractivity (Wildman–Crippen MR) is 149 cm³/mol. The van der Waals surface area contributed by atoms with Gasteiger partial charge in [0, 0.05) is 43.9 Å². The minimum absolute atomic E-state index is 0.00119. The second-order valence-electron chi connectivity index (χ2n) is 9.38. The fourth-order valence-electron chi connectivity index (χ4n) is 4.95. The number of hydrogen-bond acceptors (Lipinski definition) is 6. The van der Waals surface area contributed by atoms with Gasteiger partial charge >= 0.3 is 0 Å². The number of hydrogen-bond donors (Lipinski definition) is 0. The van der Waals surface area contributed by atoms with E-state index in [9.17, 15) is 14.0 Å². The van der Waals surface area contributed by atoms with Crippen molar-refractivity contribution in [1.82, 2.24) is 9.80 Å². The zero-order valence-corrected chi connectivity index (χ0v) is 21.5. The molecule has 1 saturated heterocycles. The third-order valence-electron chi connectivity index (χ3n) is 6.97. The van der Waals surface area contributed by atoms with Crippen molar-refractivity contribution in [2.75, 3.05) is 36.8 Å². The highest BCUT2D eigenvalue weighted by atomic mass is 32.2. The van der Waals surface area contributed by atoms with E-state index in [1.165, 1.54) is 23.9 Å². The van der Waals surface area contributed by atoms with Crippen LogP contribution in [0.2, 0.25) is 0 Å². The molecule has 3 aromatic rings. The number of aliphatic imine (C=N–C) groups is 2. The van der Waals surface area contributed by atoms with Gasteiger partial charge in [0.15, 0.2) is 5.17 Å². The summed E-state index contributed by atoms with van der Waals surface area (Å²) in [5.74, 6) is 0.400. The van der Waals surface area contributed by atoms with Crippen molar-refractivity contribution in [2.45, 2.75) is 12.5 Å². The summed E-state index contributed by atoms with van der Waals surface area (Å²) in [7, 11) is 0. The van der Waals surface area contributed by atoms with E-state index in [1.807, 2.05) is 59.5 Å². The van der Waals surface area contributed by atoms with Gasteiger partial charge in [0.2, 0.25) is 5.91 Å². The van der Waals surface area contributed by atoms with Crippen LogP contribution in [0.15, 0.2) is 88.8 Å². The molecule has 0 bridgehead atoms. The number of amides is 2. The Morgan fingerprint density at radius 3 is 2.39 bits per heavy atom. The molecule has 0 radical (unpaired) electrons. The molecule has 192 valence electrons. The standard InChI is InChI=1S/C29H26FN5O2S/c30-21-10-12-22(13-11-21)33-14-16-34(17-15-33)26(36)19-38-29-32-24-9-5-4-8-23(24)27-31-25(28(37)35(27)29)18-20-6-2-1-3-7-20/h1-13,25H,14-19H2. The van der Waals surface area contributed by atoms with Crippen LogP contribution in [0.5, 0.6) is 0 Å². The Bertz CT molecular complexity index is 1420. The second kappa shape index (κ2) is 10.4. The van der Waals surface area contributed by atoms with Gasteiger partial charge in [-0.3, -0.25) is 14.6 Å². The fourth-order valence-corrected chi connectivity index (χ4v) is 5.86. The molecule has 9 heteroatoms. The number of benzene rings is 3. The molecule has 6 rings (SSSR count). The summed E-state index contributed by atoms with van der Waals surface area (Å²) in [6.07, 6.45) is 0.511. The molecule has 0 N–H and O–H groups in total. The number of thioether (sulfide) groups is 1. The van der Waals surface area contributed by atoms with Crippen LogP contribution in [0.3, 0.4) is 0 Å². The van der Waals surface area contributed by atoms with E-state index in [4.69, 9.17) is 9.98 Å². The molecule has 0 spiro atoms. The molecule has 0 saturated carbocycles. The summed E-state index contributed by atoms with van der Waals surface area (Å²) in [5, 5.41) is 0.487. The molecule has 3 aliphatic rings. The molecule has 1 atom stereocenters. The summed E-state index contributed by atoms with van der Waals surface area (Å²) in [4.78, 5) is 41.7. The van der Waals surface area contributed by atoms with Crippen LogP contribution in [0.4, 0.5) is 15.8 Å². The maximum atomic E-state index is 13.5. The number of rotatable bonds is 5. The number of anilines is 1. The Morgan fingerprint density at radius 2 is 1.63 bits per heavy atom. The van der Waals surface area contributed by atoms with Crippen LogP contribution in [0, 0.1) is 5.82 Å². The summed E-state index contributed by atoms with van der Waals surface area (Å²) in [5.41, 5.74) is 3.57. The Labute approximate surface area is 224 Å². The molecule has 3 aromatic carbocycles. The minimum Gasteiger partial charge on any atom is -0.368 e. The van der Waals surface area contributed by atoms with Gasteiger partial charge < -0.3 is 9.80 Å². The lowest BCUT2D eigenvalue weighted by Crippen LogP contribution is -2.49. The number of carbonyl (C=O) groups is 2. The first-order valence-corrected chi connectivity index (χ1v) is 13.6. The highest BCUT2D eigenvalue weighted by molar-refractivity contribution is 8.14. The van der Waals surface area contributed by atoms with Gasteiger partial charge in [0.1, 0.15) is 17.7 Å². The fraction of sp³-hybridized carbons (Fsp3) is 0.241. The first-order valence-electron chi connectivity index (χ1n) is 12.6. The van der Waals surface area contributed by atoms with Gasteiger partial charge in [0.05, 0.1) is 11.4 Å². The second-order valence-corrected chi connectivity index (χ2v) is 10.3. The van der Waals surface area contributed by atoms with E-state index in [2.05, 4.69) is 4.90 Å². The van der Waals surface area contributed by atoms with Crippen molar-refractivity contribution in [3.63, 3.8) is 0 Å². The van der Waals surface area contributed by atoms with Gasteiger partial charge in [-0.25, -0.2) is 14.3 Å². The van der Waals surface area contributed by atoms with Crippen molar-refractivity contribution in [2.24, 2.45) is 9.98 Å². The molecule has 0 aromatic heterocycles. The lowest BCUT2D eigenvalue weighted by atomic mass is 10.1. The molecular weight excluding hydrogens is 501 g/mol. The van der Waals surface area contributed by atoms with E-state index >= 15 is 0 Å². The zero-order chi connectivity index (χ0) is 26.1. The number of halogens is 1. The SMILES string of the molecule is O=C(CSC1=Nc2ccccc2C2=NC(Cc3ccccc3)C(=O)N12)N1CCN(c2ccc(F)cc2)CC1. The Hall–Kier alpha value is -3.98. The van der Waals surface area contributed by atoms with Crippen molar-refractivity contribution in [3.05, 3.63) is 95.8 Å². The van der Waals surface area contributed by atoms with E-state index in [0.717, 1.165) is 22.5 Å². The van der Waals surface area contributed by atoms with Crippen molar-refractivity contribution >= 4 is 46.0 Å². The average molecular weight is 528 g/mol. The summed E-state index contributed by atoms with van der Waals surface area (Å²) < 4.78 is 13.3. The van der Waals surface area contributed by atoms with Gasteiger partial charge in [-0.1, -0.05) is 54.2 Å². The zero-order valence-electron chi connectivity index (χ0n) is 20.7. The number of amidine groups is 2. The van der Waals surface area contributed by atoms with Crippen molar-refractivity contribution < 1.29 is 14.0 Å². The summed E-state index contributed by atoms with van der Waals surface area (Å²) >= 11 is 1.28. The van der Waals surface area contributed by atoms with Crippen LogP contribution in [-0.4, -0.2) is 70.6 Å². The molecule has 2 amide bonds. The van der Waals surface area contributed by atoms with Gasteiger partial charge in [0.25, 0.3) is 5.91 Å². The topological polar surface area (TPSA) is 68.6 Å². The molecule has 7 nitrogen and oxygen atoms in total. The highest BCUT2D eigenvalue weighted by Crippen LogP contribution is 2.34. The lowest BCUT2D eigenvalue weighted by Gasteiger charge is -2.36. The van der Waals surface area contributed by atoms with Crippen molar-refractivity contribution in [3.8, 4) is 0 Å². The number of nitrogens with zero attached hydrogens (tertiary/aromatic N) is 5. The smallest absolute Gasteiger partial charge is 0.259 e. The van der Waals surface area contributed by atoms with E-state index in [0.29, 0.717) is 43.6 Å². The summed E-state index contributed by atoms with van der Waals surface area (Å²) in [6.45, 7) is 2.53. The largest absolute Gasteiger partial charge is 0.368 e. The van der Waals surface area contributed by atoms with Gasteiger partial charge in [-0.15, -0.1) is 0 Å². The molecule has 1 fully saturated rings. The average Bonchev–Trinajstić information content (AvgIpc) is 3.28. The molecular formula is C29H26FN5O2S. The third kappa shape index (κ3) is 4.81. The van der Waals surface area contributed by atoms with E-state index in [1.54, 1.807) is 17.0 Å². The Balaban J connectivity index is 1.14. The number of carbonyl (C=O) groups excluding carboxylic acids is 2. The lowest BCUT2D eigenvalue weighted by molar-refractivity contribution is -0.128. The molecule has 3 heterocycles. The quantitative estimate of drug-likeness (QED) is 0.501. The predicted octanol–water partition coefficient (Wildman–Crippen LogP) is 4.11. The van der Waals surface area contributed by atoms with E-state index < -0.39 is 6.04 Å². The molecule has 3 aliphatic heterocycles. The van der Waals surface area contributed by atoms with Crippen LogP contribution < -0.4 is 4.90 Å². The number of piperazine rings is 1. The van der Waals surface area contributed by atoms with Crippen LogP contribution in [-0.2, 0) is 16.0 Å². The minimum atomic E-state index is -0.528. The monoisotopic (exact) mass is 527 g/mol. The number of para-hydroxylation sites is 1.